The molecule has 0 N–H and O–H groups in total. The molecule has 0 bridgehead atoms. The lowest BCUT2D eigenvalue weighted by molar-refractivity contribution is 0.101. The van der Waals surface area contributed by atoms with Crippen LogP contribution in [0, 0.1) is 6.92 Å². The third-order valence-electron chi connectivity index (χ3n) is 4.32. The van der Waals surface area contributed by atoms with Crippen molar-refractivity contribution >= 4 is 37.9 Å². The van der Waals surface area contributed by atoms with E-state index in [1.165, 1.54) is 30.3 Å². The Morgan fingerprint density at radius 3 is 2.34 bits per heavy atom. The summed E-state index contributed by atoms with van der Waals surface area (Å²) in [7, 11) is -4.00. The van der Waals surface area contributed by atoms with Gasteiger partial charge in [0.25, 0.3) is 0 Å². The van der Waals surface area contributed by atoms with Crippen molar-refractivity contribution < 1.29 is 22.1 Å². The second kappa shape index (κ2) is 7.50. The Morgan fingerprint density at radius 1 is 0.966 bits per heavy atom. The van der Waals surface area contributed by atoms with Crippen molar-refractivity contribution in [2.24, 2.45) is 0 Å². The largest absolute Gasteiger partial charge is 0.452 e. The van der Waals surface area contributed by atoms with Gasteiger partial charge in [0, 0.05) is 10.5 Å². The second-order valence-corrected chi connectivity index (χ2v) is 8.96. The first kappa shape index (κ1) is 19.4. The number of aryl methyl sites for hydroxylation is 1. The average molecular weight is 471 g/mol. The van der Waals surface area contributed by atoms with Crippen LogP contribution in [-0.2, 0) is 10.1 Å². The molecule has 4 rings (SSSR count). The van der Waals surface area contributed by atoms with Gasteiger partial charge in [0.1, 0.15) is 16.4 Å². The summed E-state index contributed by atoms with van der Waals surface area (Å²) in [6.45, 7) is 1.98. The fourth-order valence-electron chi connectivity index (χ4n) is 2.81. The fraction of sp³-hybridized carbons (Fsp3) is 0.0455. The van der Waals surface area contributed by atoms with E-state index in [-0.39, 0.29) is 27.9 Å². The lowest BCUT2D eigenvalue weighted by Gasteiger charge is -2.08. The molecule has 1 aliphatic rings. The van der Waals surface area contributed by atoms with E-state index in [9.17, 15) is 13.2 Å². The van der Waals surface area contributed by atoms with Crippen molar-refractivity contribution in [3.8, 4) is 11.5 Å². The molecule has 0 spiro atoms. The van der Waals surface area contributed by atoms with Gasteiger partial charge in [-0.1, -0.05) is 45.8 Å². The summed E-state index contributed by atoms with van der Waals surface area (Å²) < 4.78 is 36.5. The van der Waals surface area contributed by atoms with Crippen molar-refractivity contribution in [1.82, 2.24) is 0 Å². The minimum Gasteiger partial charge on any atom is -0.452 e. The van der Waals surface area contributed by atoms with Gasteiger partial charge in [-0.15, -0.1) is 0 Å². The van der Waals surface area contributed by atoms with Crippen LogP contribution in [0.25, 0.3) is 6.08 Å². The Labute approximate surface area is 176 Å². The molecule has 1 heterocycles. The summed E-state index contributed by atoms with van der Waals surface area (Å²) in [4.78, 5) is 12.6. The normalized spacial score (nSPS) is 14.6. The van der Waals surface area contributed by atoms with Crippen LogP contribution in [0.1, 0.15) is 21.5 Å². The van der Waals surface area contributed by atoms with E-state index < -0.39 is 10.1 Å². The number of benzene rings is 3. The Hall–Kier alpha value is -2.90. The van der Waals surface area contributed by atoms with Crippen LogP contribution in [-0.4, -0.2) is 14.2 Å². The number of Topliss-reactive ketones (excluding diaryl/α,β-unsaturated/α-hetero) is 1. The molecule has 0 aliphatic carbocycles. The van der Waals surface area contributed by atoms with Crippen molar-refractivity contribution in [3.63, 3.8) is 0 Å². The summed E-state index contributed by atoms with van der Waals surface area (Å²) in [6.07, 6.45) is 1.65. The first-order valence-corrected chi connectivity index (χ1v) is 10.9. The minimum atomic E-state index is -4.00. The molecular formula is C22H15BrO5S. The van der Waals surface area contributed by atoms with Gasteiger partial charge >= 0.3 is 10.1 Å². The van der Waals surface area contributed by atoms with Gasteiger partial charge in [-0.2, -0.15) is 8.42 Å². The maximum absolute atomic E-state index is 12.6. The van der Waals surface area contributed by atoms with Gasteiger partial charge in [-0.25, -0.2) is 0 Å². The Morgan fingerprint density at radius 2 is 1.66 bits per heavy atom. The maximum atomic E-state index is 12.6. The number of ether oxygens (including phenoxy) is 1. The molecule has 3 aromatic carbocycles. The van der Waals surface area contributed by atoms with Crippen molar-refractivity contribution in [2.45, 2.75) is 11.8 Å². The quantitative estimate of drug-likeness (QED) is 0.389. The highest BCUT2D eigenvalue weighted by Crippen LogP contribution is 2.35. The number of hydrogen-bond acceptors (Lipinski definition) is 5. The lowest BCUT2D eigenvalue weighted by Crippen LogP contribution is -2.09. The monoisotopic (exact) mass is 470 g/mol. The molecule has 146 valence electrons. The maximum Gasteiger partial charge on any atom is 0.339 e. The van der Waals surface area contributed by atoms with Crippen molar-refractivity contribution in [1.29, 1.82) is 0 Å². The minimum absolute atomic E-state index is 0.0261. The van der Waals surface area contributed by atoms with Gasteiger partial charge in [-0.05, 0) is 55.0 Å². The molecule has 5 nitrogen and oxygen atoms in total. The van der Waals surface area contributed by atoms with Crippen LogP contribution in [0.3, 0.4) is 0 Å². The summed E-state index contributed by atoms with van der Waals surface area (Å²) in [5.74, 6) is 0.243. The first-order chi connectivity index (χ1) is 13.8. The van der Waals surface area contributed by atoms with E-state index in [0.29, 0.717) is 5.56 Å². The molecule has 29 heavy (non-hydrogen) atoms. The van der Waals surface area contributed by atoms with Crippen LogP contribution >= 0.6 is 15.9 Å². The molecule has 0 saturated carbocycles. The summed E-state index contributed by atoms with van der Waals surface area (Å²) in [6, 6.07) is 18.1. The molecule has 3 aromatic rings. The second-order valence-electron chi connectivity index (χ2n) is 6.50. The van der Waals surface area contributed by atoms with Crippen LogP contribution in [0.2, 0.25) is 0 Å². The Bertz CT molecular complexity index is 1230. The van der Waals surface area contributed by atoms with Crippen molar-refractivity contribution in [3.05, 3.63) is 93.7 Å². The molecule has 0 aromatic heterocycles. The van der Waals surface area contributed by atoms with E-state index in [1.54, 1.807) is 18.2 Å². The number of halogens is 1. The standard InChI is InChI=1S/C22H15BrO5S/c1-14-2-4-15(5-3-14)12-21-22(24)19-11-8-17(13-20(19)27-21)28-29(25,26)18-9-6-16(23)7-10-18/h2-13H,1H3/b21-12-. The van der Waals surface area contributed by atoms with Gasteiger partial charge < -0.3 is 8.92 Å². The highest BCUT2D eigenvalue weighted by atomic mass is 79.9. The Balaban J connectivity index is 1.59. The van der Waals surface area contributed by atoms with Gasteiger partial charge in [-0.3, -0.25) is 4.79 Å². The zero-order valence-corrected chi connectivity index (χ0v) is 17.7. The summed E-state index contributed by atoms with van der Waals surface area (Å²) in [5, 5.41) is 0. The number of hydrogen-bond donors (Lipinski definition) is 0. The smallest absolute Gasteiger partial charge is 0.339 e. The van der Waals surface area contributed by atoms with Crippen LogP contribution in [0.15, 0.2) is 81.9 Å². The predicted molar refractivity (Wildman–Crippen MR) is 113 cm³/mol. The number of fused-ring (bicyclic) bond motifs is 1. The fourth-order valence-corrected chi connectivity index (χ4v) is 4.00. The molecule has 7 heteroatoms. The number of carbonyl (C=O) groups excluding carboxylic acids is 1. The third-order valence-corrected chi connectivity index (χ3v) is 6.11. The zero-order chi connectivity index (χ0) is 20.6. The van der Waals surface area contributed by atoms with E-state index in [1.807, 2.05) is 31.2 Å². The zero-order valence-electron chi connectivity index (χ0n) is 15.3. The highest BCUT2D eigenvalue weighted by Gasteiger charge is 2.28. The molecule has 0 amide bonds. The van der Waals surface area contributed by atoms with E-state index in [4.69, 9.17) is 8.92 Å². The number of rotatable bonds is 4. The molecular weight excluding hydrogens is 456 g/mol. The van der Waals surface area contributed by atoms with Gasteiger partial charge in [0.2, 0.25) is 5.78 Å². The molecule has 0 saturated heterocycles. The molecule has 0 radical (unpaired) electrons. The molecule has 0 atom stereocenters. The Kier molecular flexibility index (Phi) is 5.02. The number of allylic oxidation sites excluding steroid dienone is 1. The van der Waals surface area contributed by atoms with Crippen LogP contribution in [0.5, 0.6) is 11.5 Å². The number of ketones is 1. The van der Waals surface area contributed by atoms with E-state index in [0.717, 1.165) is 15.6 Å². The summed E-state index contributed by atoms with van der Waals surface area (Å²) >= 11 is 3.26. The highest BCUT2D eigenvalue weighted by molar-refractivity contribution is 9.10. The lowest BCUT2D eigenvalue weighted by atomic mass is 10.1. The van der Waals surface area contributed by atoms with E-state index >= 15 is 0 Å². The topological polar surface area (TPSA) is 69.7 Å². The SMILES string of the molecule is Cc1ccc(/C=C2\Oc3cc(OS(=O)(=O)c4ccc(Br)cc4)ccc3C2=O)cc1. The molecule has 0 unspecified atom stereocenters. The van der Waals surface area contributed by atoms with Crippen molar-refractivity contribution in [2.75, 3.05) is 0 Å². The van der Waals surface area contributed by atoms with Crippen LogP contribution in [0.4, 0.5) is 0 Å². The van der Waals surface area contributed by atoms with Gasteiger partial charge in [0.05, 0.1) is 5.56 Å². The summed E-state index contributed by atoms with van der Waals surface area (Å²) in [5.41, 5.74) is 2.31. The molecule has 0 fully saturated rings. The predicted octanol–water partition coefficient (Wildman–Crippen LogP) is 5.14. The van der Waals surface area contributed by atoms with Gasteiger partial charge in [0.15, 0.2) is 5.76 Å². The number of carbonyl (C=O) groups is 1. The third kappa shape index (κ3) is 4.11. The van der Waals surface area contributed by atoms with E-state index in [2.05, 4.69) is 15.9 Å². The first-order valence-electron chi connectivity index (χ1n) is 8.67. The van der Waals surface area contributed by atoms with Crippen LogP contribution < -0.4 is 8.92 Å². The molecule has 1 aliphatic heterocycles. The average Bonchev–Trinajstić information content (AvgIpc) is 2.98.